The summed E-state index contributed by atoms with van der Waals surface area (Å²) in [5.41, 5.74) is 2.74. The Morgan fingerprint density at radius 2 is 2.04 bits per heavy atom. The van der Waals surface area contributed by atoms with Crippen molar-refractivity contribution < 1.29 is 9.90 Å². The molecule has 0 bridgehead atoms. The van der Waals surface area contributed by atoms with Crippen molar-refractivity contribution in [3.63, 3.8) is 0 Å². The van der Waals surface area contributed by atoms with Gasteiger partial charge >= 0.3 is 5.97 Å². The van der Waals surface area contributed by atoms with E-state index in [1.807, 2.05) is 0 Å². The van der Waals surface area contributed by atoms with Gasteiger partial charge in [0.1, 0.15) is 0 Å². The van der Waals surface area contributed by atoms with Crippen LogP contribution in [0.25, 0.3) is 0 Å². The maximum Gasteiger partial charge on any atom is 0.303 e. The summed E-state index contributed by atoms with van der Waals surface area (Å²) in [6, 6.07) is 9.32. The van der Waals surface area contributed by atoms with Crippen LogP contribution in [0.2, 0.25) is 0 Å². The van der Waals surface area contributed by atoms with Gasteiger partial charge in [0, 0.05) is 19.0 Å². The molecular formula is C19H30N2O2. The van der Waals surface area contributed by atoms with Crippen LogP contribution in [0.4, 0.5) is 0 Å². The Balaban J connectivity index is 1.84. The minimum Gasteiger partial charge on any atom is -0.481 e. The fraction of sp³-hybridized carbons (Fsp3) is 0.632. The molecule has 0 unspecified atom stereocenters. The third kappa shape index (κ3) is 5.63. The number of hydrogen-bond acceptors (Lipinski definition) is 3. The lowest BCUT2D eigenvalue weighted by Crippen LogP contribution is -2.33. The quantitative estimate of drug-likeness (QED) is 0.837. The maximum absolute atomic E-state index is 10.7. The molecule has 0 radical (unpaired) electrons. The van der Waals surface area contributed by atoms with Gasteiger partial charge in [0.15, 0.2) is 0 Å². The second-order valence-electron chi connectivity index (χ2n) is 7.04. The van der Waals surface area contributed by atoms with E-state index in [0.29, 0.717) is 18.4 Å². The average molecular weight is 318 g/mol. The number of carbonyl (C=O) groups is 1. The van der Waals surface area contributed by atoms with Crippen LogP contribution in [0.3, 0.4) is 0 Å². The van der Waals surface area contributed by atoms with E-state index in [1.54, 1.807) is 0 Å². The molecule has 0 aliphatic carbocycles. The van der Waals surface area contributed by atoms with Crippen LogP contribution in [0.5, 0.6) is 0 Å². The molecule has 0 amide bonds. The number of aliphatic carboxylic acids is 1. The van der Waals surface area contributed by atoms with Gasteiger partial charge in [0.05, 0.1) is 0 Å². The summed E-state index contributed by atoms with van der Waals surface area (Å²) in [6.45, 7) is 5.39. The normalized spacial score (nSPS) is 18.3. The Morgan fingerprint density at radius 3 is 2.65 bits per heavy atom. The van der Waals surface area contributed by atoms with Gasteiger partial charge in [-0.1, -0.05) is 24.3 Å². The standard InChI is InChI=1S/C19H30N2O2/c1-15(20(2)3)18-6-4-5-17(13-18)14-21-11-9-16(10-12-21)7-8-19(22)23/h4-6,13,15-16H,7-12,14H2,1-3H3,(H,22,23)/t15-/m0/s1. The number of likely N-dealkylation sites (tertiary alicyclic amines) is 1. The molecule has 0 aromatic heterocycles. The molecule has 2 rings (SSSR count). The zero-order valence-corrected chi connectivity index (χ0v) is 14.7. The highest BCUT2D eigenvalue weighted by Crippen LogP contribution is 2.24. The lowest BCUT2D eigenvalue weighted by molar-refractivity contribution is -0.137. The third-order valence-corrected chi connectivity index (χ3v) is 5.09. The molecular weight excluding hydrogens is 288 g/mol. The fourth-order valence-corrected chi connectivity index (χ4v) is 3.27. The summed E-state index contributed by atoms with van der Waals surface area (Å²) in [5.74, 6) is -0.0818. The third-order valence-electron chi connectivity index (χ3n) is 5.09. The molecule has 1 atom stereocenters. The summed E-state index contributed by atoms with van der Waals surface area (Å²) in [6.07, 6.45) is 3.40. The van der Waals surface area contributed by atoms with E-state index in [9.17, 15) is 4.79 Å². The molecule has 1 fully saturated rings. The van der Waals surface area contributed by atoms with Gasteiger partial charge in [-0.3, -0.25) is 9.69 Å². The van der Waals surface area contributed by atoms with Crippen molar-refractivity contribution in [3.8, 4) is 0 Å². The Bertz CT molecular complexity index is 508. The van der Waals surface area contributed by atoms with Crippen LogP contribution in [-0.2, 0) is 11.3 Å². The van der Waals surface area contributed by atoms with E-state index in [0.717, 1.165) is 38.9 Å². The van der Waals surface area contributed by atoms with Crippen molar-refractivity contribution in [2.75, 3.05) is 27.2 Å². The molecule has 23 heavy (non-hydrogen) atoms. The van der Waals surface area contributed by atoms with Gasteiger partial charge in [-0.2, -0.15) is 0 Å². The van der Waals surface area contributed by atoms with Gasteiger partial charge < -0.3 is 10.0 Å². The Morgan fingerprint density at radius 1 is 1.35 bits per heavy atom. The lowest BCUT2D eigenvalue weighted by atomic mass is 9.92. The van der Waals surface area contributed by atoms with Crippen LogP contribution >= 0.6 is 0 Å². The number of hydrogen-bond donors (Lipinski definition) is 1. The van der Waals surface area contributed by atoms with Crippen LogP contribution in [0.15, 0.2) is 24.3 Å². The van der Waals surface area contributed by atoms with E-state index in [-0.39, 0.29) is 0 Å². The van der Waals surface area contributed by atoms with Crippen LogP contribution in [0.1, 0.15) is 49.8 Å². The van der Waals surface area contributed by atoms with Crippen LogP contribution < -0.4 is 0 Å². The molecule has 0 spiro atoms. The van der Waals surface area contributed by atoms with E-state index >= 15 is 0 Å². The summed E-state index contributed by atoms with van der Waals surface area (Å²) in [5, 5.41) is 8.79. The first kappa shape index (κ1) is 18.0. The maximum atomic E-state index is 10.7. The van der Waals surface area contributed by atoms with Crippen molar-refractivity contribution in [1.82, 2.24) is 9.80 Å². The van der Waals surface area contributed by atoms with Gasteiger partial charge in [-0.05, 0) is 70.4 Å². The van der Waals surface area contributed by atoms with Gasteiger partial charge in [-0.25, -0.2) is 0 Å². The predicted molar refractivity (Wildman–Crippen MR) is 93.4 cm³/mol. The topological polar surface area (TPSA) is 43.8 Å². The fourth-order valence-electron chi connectivity index (χ4n) is 3.27. The van der Waals surface area contributed by atoms with E-state index < -0.39 is 5.97 Å². The van der Waals surface area contributed by atoms with Gasteiger partial charge in [-0.15, -0.1) is 0 Å². The molecule has 1 aliphatic heterocycles. The summed E-state index contributed by atoms with van der Waals surface area (Å²) in [7, 11) is 4.22. The van der Waals surface area contributed by atoms with Crippen molar-refractivity contribution in [2.45, 2.75) is 45.2 Å². The smallest absolute Gasteiger partial charge is 0.303 e. The second-order valence-corrected chi connectivity index (χ2v) is 7.04. The van der Waals surface area contributed by atoms with Crippen molar-refractivity contribution in [2.24, 2.45) is 5.92 Å². The molecule has 1 aromatic carbocycles. The lowest BCUT2D eigenvalue weighted by Gasteiger charge is -2.32. The molecule has 1 heterocycles. The van der Waals surface area contributed by atoms with Crippen LogP contribution in [0, 0.1) is 5.92 Å². The number of piperidine rings is 1. The minimum atomic E-state index is -0.667. The number of carboxylic acids is 1. The summed E-state index contributed by atoms with van der Waals surface area (Å²) in [4.78, 5) is 15.4. The number of benzene rings is 1. The molecule has 4 heteroatoms. The van der Waals surface area contributed by atoms with Crippen molar-refractivity contribution in [1.29, 1.82) is 0 Å². The van der Waals surface area contributed by atoms with Crippen molar-refractivity contribution >= 4 is 5.97 Å². The van der Waals surface area contributed by atoms with Gasteiger partial charge in [0.25, 0.3) is 0 Å². The van der Waals surface area contributed by atoms with E-state index in [2.05, 4.69) is 55.1 Å². The van der Waals surface area contributed by atoms with Crippen molar-refractivity contribution in [3.05, 3.63) is 35.4 Å². The first-order chi connectivity index (χ1) is 11.0. The zero-order chi connectivity index (χ0) is 16.8. The summed E-state index contributed by atoms with van der Waals surface area (Å²) < 4.78 is 0. The minimum absolute atomic E-state index is 0.315. The molecule has 1 saturated heterocycles. The van der Waals surface area contributed by atoms with E-state index in [4.69, 9.17) is 5.11 Å². The van der Waals surface area contributed by atoms with E-state index in [1.165, 1.54) is 11.1 Å². The molecule has 128 valence electrons. The monoisotopic (exact) mass is 318 g/mol. The Hall–Kier alpha value is -1.39. The molecule has 1 aliphatic rings. The average Bonchev–Trinajstić information content (AvgIpc) is 2.53. The number of nitrogens with zero attached hydrogens (tertiary/aromatic N) is 2. The summed E-state index contributed by atoms with van der Waals surface area (Å²) >= 11 is 0. The Labute approximate surface area is 140 Å². The zero-order valence-electron chi connectivity index (χ0n) is 14.7. The SMILES string of the molecule is C[C@@H](c1cccc(CN2CCC(CCC(=O)O)CC2)c1)N(C)C. The van der Waals surface area contributed by atoms with Gasteiger partial charge in [0.2, 0.25) is 0 Å². The van der Waals surface area contributed by atoms with Crippen LogP contribution in [-0.4, -0.2) is 48.1 Å². The number of carboxylic acid groups (broad SMARTS) is 1. The second kappa shape index (κ2) is 8.46. The highest BCUT2D eigenvalue weighted by molar-refractivity contribution is 5.66. The number of rotatable bonds is 7. The molecule has 1 aromatic rings. The highest BCUT2D eigenvalue weighted by Gasteiger charge is 2.20. The molecule has 1 N–H and O–H groups in total. The first-order valence-corrected chi connectivity index (χ1v) is 8.65. The predicted octanol–water partition coefficient (Wildman–Crippen LogP) is 3.39. The highest BCUT2D eigenvalue weighted by atomic mass is 16.4. The first-order valence-electron chi connectivity index (χ1n) is 8.65. The molecule has 4 nitrogen and oxygen atoms in total. The largest absolute Gasteiger partial charge is 0.481 e. The molecule has 0 saturated carbocycles. The Kier molecular flexibility index (Phi) is 6.60.